The Morgan fingerprint density at radius 1 is 0.667 bits per heavy atom. The first kappa shape index (κ1) is 16.5. The Balaban J connectivity index is 1.72. The van der Waals surface area contributed by atoms with Crippen molar-refractivity contribution in [1.82, 2.24) is 5.32 Å². The lowest BCUT2D eigenvalue weighted by Crippen LogP contribution is -2.29. The summed E-state index contributed by atoms with van der Waals surface area (Å²) in [5.41, 5.74) is 4.10. The van der Waals surface area contributed by atoms with Gasteiger partial charge in [-0.25, -0.2) is 0 Å². The summed E-state index contributed by atoms with van der Waals surface area (Å²) in [4.78, 5) is 0. The van der Waals surface area contributed by atoms with Gasteiger partial charge in [-0.05, 0) is 29.7 Å². The first-order chi connectivity index (χ1) is 11.8. The summed E-state index contributed by atoms with van der Waals surface area (Å²) >= 11 is 0. The maximum Gasteiger partial charge on any atom is 0.0205 e. The van der Waals surface area contributed by atoms with E-state index in [9.17, 15) is 0 Å². The van der Waals surface area contributed by atoms with Gasteiger partial charge in [0.05, 0.1) is 0 Å². The molecule has 1 nitrogen and oxygen atoms in total. The molecule has 0 amide bonds. The number of benzene rings is 3. The maximum atomic E-state index is 3.60. The maximum absolute atomic E-state index is 3.60. The molecule has 1 heteroatoms. The van der Waals surface area contributed by atoms with Gasteiger partial charge in [0.2, 0.25) is 0 Å². The Morgan fingerprint density at radius 2 is 1.12 bits per heavy atom. The molecule has 0 atom stereocenters. The van der Waals surface area contributed by atoms with Crippen molar-refractivity contribution in [2.24, 2.45) is 0 Å². The normalized spacial score (nSPS) is 11.4. The predicted octanol–water partition coefficient (Wildman–Crippen LogP) is 5.17. The van der Waals surface area contributed by atoms with Gasteiger partial charge in [-0.3, -0.25) is 0 Å². The van der Waals surface area contributed by atoms with E-state index >= 15 is 0 Å². The van der Waals surface area contributed by atoms with Crippen LogP contribution in [0, 0.1) is 0 Å². The van der Waals surface area contributed by atoms with Gasteiger partial charge in [0, 0.05) is 12.0 Å². The molecule has 3 aromatic carbocycles. The molecule has 0 aliphatic rings. The van der Waals surface area contributed by atoms with E-state index in [2.05, 4.69) is 103 Å². The van der Waals surface area contributed by atoms with Crippen LogP contribution in [0.3, 0.4) is 0 Å². The van der Waals surface area contributed by atoms with Crippen LogP contribution >= 0.6 is 0 Å². The van der Waals surface area contributed by atoms with Gasteiger partial charge in [-0.2, -0.15) is 0 Å². The molecule has 3 rings (SSSR count). The number of rotatable bonds is 7. The van der Waals surface area contributed by atoms with Crippen molar-refractivity contribution in [1.29, 1.82) is 0 Å². The zero-order valence-electron chi connectivity index (χ0n) is 14.3. The Labute approximate surface area is 145 Å². The largest absolute Gasteiger partial charge is 0.313 e. The summed E-state index contributed by atoms with van der Waals surface area (Å²) in [5, 5.41) is 3.60. The lowest BCUT2D eigenvalue weighted by atomic mass is 9.74. The summed E-state index contributed by atoms with van der Waals surface area (Å²) < 4.78 is 0. The number of nitrogens with one attached hydrogen (secondary N) is 1. The molecule has 0 fully saturated rings. The molecule has 0 aliphatic carbocycles. The zero-order valence-corrected chi connectivity index (χ0v) is 14.3. The van der Waals surface area contributed by atoms with E-state index < -0.39 is 0 Å². The van der Waals surface area contributed by atoms with Crippen LogP contribution in [0.5, 0.6) is 0 Å². The van der Waals surface area contributed by atoms with Gasteiger partial charge in [0.15, 0.2) is 0 Å². The average Bonchev–Trinajstić information content (AvgIpc) is 2.67. The van der Waals surface area contributed by atoms with E-state index in [0.717, 1.165) is 19.5 Å². The van der Waals surface area contributed by atoms with Crippen LogP contribution in [0.15, 0.2) is 91.0 Å². The highest BCUT2D eigenvalue weighted by molar-refractivity contribution is 5.38. The minimum absolute atomic E-state index is 0.0200. The lowest BCUT2D eigenvalue weighted by molar-refractivity contribution is 0.489. The number of hydrogen-bond donors (Lipinski definition) is 1. The van der Waals surface area contributed by atoms with Crippen LogP contribution in [0.25, 0.3) is 0 Å². The average molecular weight is 315 g/mol. The fourth-order valence-electron chi connectivity index (χ4n) is 3.23. The summed E-state index contributed by atoms with van der Waals surface area (Å²) in [6.45, 7) is 4.25. The van der Waals surface area contributed by atoms with Crippen LogP contribution in [-0.4, -0.2) is 6.54 Å². The topological polar surface area (TPSA) is 12.0 Å². The van der Waals surface area contributed by atoms with Crippen LogP contribution in [-0.2, 0) is 12.0 Å². The molecule has 3 aromatic rings. The molecule has 0 saturated heterocycles. The molecule has 0 unspecified atom stereocenters. The van der Waals surface area contributed by atoms with Gasteiger partial charge < -0.3 is 5.32 Å². The third-order valence-corrected chi connectivity index (χ3v) is 4.80. The van der Waals surface area contributed by atoms with Gasteiger partial charge in [-0.1, -0.05) is 97.9 Å². The molecular formula is C23H25N. The Bertz CT molecular complexity index is 680. The van der Waals surface area contributed by atoms with Gasteiger partial charge in [0.1, 0.15) is 0 Å². The lowest BCUT2D eigenvalue weighted by Gasteiger charge is -2.31. The van der Waals surface area contributed by atoms with E-state index in [1.54, 1.807) is 0 Å². The standard InChI is InChI=1S/C23H25N/c1-23(21-13-7-3-8-14-21,22-15-9-4-10-16-22)17-18-24-19-20-11-5-2-6-12-20/h2-16,24H,17-19H2,1H3. The molecule has 1 N–H and O–H groups in total. The molecule has 0 saturated carbocycles. The summed E-state index contributed by atoms with van der Waals surface area (Å²) in [6.07, 6.45) is 1.06. The van der Waals surface area contributed by atoms with E-state index in [0.29, 0.717) is 0 Å². The molecule has 0 aromatic heterocycles. The Hall–Kier alpha value is -2.38. The van der Waals surface area contributed by atoms with Crippen molar-refractivity contribution in [3.05, 3.63) is 108 Å². The van der Waals surface area contributed by atoms with Crippen LogP contribution in [0.2, 0.25) is 0 Å². The van der Waals surface area contributed by atoms with Gasteiger partial charge in [0.25, 0.3) is 0 Å². The fourth-order valence-corrected chi connectivity index (χ4v) is 3.23. The Kier molecular flexibility index (Phi) is 5.45. The number of hydrogen-bond acceptors (Lipinski definition) is 1. The van der Waals surface area contributed by atoms with Crippen molar-refractivity contribution in [3.8, 4) is 0 Å². The summed E-state index contributed by atoms with van der Waals surface area (Å²) in [6, 6.07) is 32.2. The van der Waals surface area contributed by atoms with Crippen molar-refractivity contribution < 1.29 is 0 Å². The van der Waals surface area contributed by atoms with Gasteiger partial charge in [-0.15, -0.1) is 0 Å². The van der Waals surface area contributed by atoms with Crippen LogP contribution in [0.4, 0.5) is 0 Å². The van der Waals surface area contributed by atoms with Crippen molar-refractivity contribution in [3.63, 3.8) is 0 Å². The molecule has 0 bridgehead atoms. The molecule has 0 spiro atoms. The molecule has 24 heavy (non-hydrogen) atoms. The highest BCUT2D eigenvalue weighted by Gasteiger charge is 2.27. The fraction of sp³-hybridized carbons (Fsp3) is 0.217. The van der Waals surface area contributed by atoms with E-state index in [-0.39, 0.29) is 5.41 Å². The quantitative estimate of drug-likeness (QED) is 0.593. The van der Waals surface area contributed by atoms with E-state index in [4.69, 9.17) is 0 Å². The minimum atomic E-state index is 0.0200. The SMILES string of the molecule is CC(CCNCc1ccccc1)(c1ccccc1)c1ccccc1. The second kappa shape index (κ2) is 7.94. The van der Waals surface area contributed by atoms with Crippen molar-refractivity contribution >= 4 is 0 Å². The Morgan fingerprint density at radius 3 is 1.62 bits per heavy atom. The third-order valence-electron chi connectivity index (χ3n) is 4.80. The first-order valence-electron chi connectivity index (χ1n) is 8.65. The van der Waals surface area contributed by atoms with Crippen LogP contribution in [0.1, 0.15) is 30.0 Å². The zero-order chi connectivity index (χ0) is 16.7. The second-order valence-corrected chi connectivity index (χ2v) is 6.48. The summed E-state index contributed by atoms with van der Waals surface area (Å²) in [5.74, 6) is 0. The molecule has 0 radical (unpaired) electrons. The van der Waals surface area contributed by atoms with E-state index in [1.807, 2.05) is 0 Å². The van der Waals surface area contributed by atoms with Crippen molar-refractivity contribution in [2.75, 3.05) is 6.54 Å². The third kappa shape index (κ3) is 3.93. The molecule has 122 valence electrons. The van der Waals surface area contributed by atoms with Gasteiger partial charge >= 0.3 is 0 Å². The highest BCUT2D eigenvalue weighted by atomic mass is 14.8. The smallest absolute Gasteiger partial charge is 0.0205 e. The second-order valence-electron chi connectivity index (χ2n) is 6.48. The molecule has 0 heterocycles. The monoisotopic (exact) mass is 315 g/mol. The molecular weight excluding hydrogens is 290 g/mol. The minimum Gasteiger partial charge on any atom is -0.313 e. The predicted molar refractivity (Wildman–Crippen MR) is 102 cm³/mol. The molecule has 0 aliphatic heterocycles. The summed E-state index contributed by atoms with van der Waals surface area (Å²) in [7, 11) is 0. The van der Waals surface area contributed by atoms with Crippen molar-refractivity contribution in [2.45, 2.75) is 25.3 Å². The van der Waals surface area contributed by atoms with Crippen LogP contribution < -0.4 is 5.32 Å². The van der Waals surface area contributed by atoms with E-state index in [1.165, 1.54) is 16.7 Å². The highest BCUT2D eigenvalue weighted by Crippen LogP contribution is 2.34. The first-order valence-corrected chi connectivity index (χ1v) is 8.65.